The van der Waals surface area contributed by atoms with Gasteiger partial charge in [0.05, 0.1) is 12.3 Å². The van der Waals surface area contributed by atoms with E-state index in [1.165, 1.54) is 11.8 Å². The minimum atomic E-state index is -0.602. The van der Waals surface area contributed by atoms with Gasteiger partial charge in [-0.05, 0) is 6.92 Å². The molecule has 0 saturated heterocycles. The van der Waals surface area contributed by atoms with Gasteiger partial charge in [-0.1, -0.05) is 16.9 Å². The highest BCUT2D eigenvalue weighted by Crippen LogP contribution is 2.22. The molecular weight excluding hydrogens is 300 g/mol. The second-order valence-electron chi connectivity index (χ2n) is 3.71. The lowest BCUT2D eigenvalue weighted by atomic mass is 10.6. The lowest BCUT2D eigenvalue weighted by molar-refractivity contribution is 0.0475. The van der Waals surface area contributed by atoms with Crippen molar-refractivity contribution in [2.45, 2.75) is 17.9 Å². The Labute approximate surface area is 122 Å². The normalized spacial score (nSPS) is 11.1. The highest BCUT2D eigenvalue weighted by Gasteiger charge is 2.16. The van der Waals surface area contributed by atoms with Crippen molar-refractivity contribution in [3.8, 4) is 0 Å². The molecule has 0 aliphatic rings. The number of carbonyl (C=O) groups excluding carboxylic acids is 1. The van der Waals surface area contributed by atoms with Gasteiger partial charge in [0.15, 0.2) is 4.96 Å². The summed E-state index contributed by atoms with van der Waals surface area (Å²) in [6.45, 7) is 1.99. The number of nitrogens with zero attached hydrogens (tertiary/aromatic N) is 4. The van der Waals surface area contributed by atoms with Crippen molar-refractivity contribution < 1.29 is 13.9 Å². The molecular formula is C11H10N4O3S2. The lowest BCUT2D eigenvalue weighted by Crippen LogP contribution is -2.04. The fourth-order valence-electron chi connectivity index (χ4n) is 1.52. The molecule has 0 aromatic carbocycles. The monoisotopic (exact) mass is 310 g/mol. The van der Waals surface area contributed by atoms with E-state index in [0.717, 1.165) is 10.7 Å². The maximum absolute atomic E-state index is 11.4. The number of hydrogen-bond donors (Lipinski definition) is 0. The molecule has 0 N–H and O–H groups in total. The van der Waals surface area contributed by atoms with Crippen LogP contribution >= 0.6 is 23.1 Å². The van der Waals surface area contributed by atoms with Crippen molar-refractivity contribution in [3.63, 3.8) is 0 Å². The van der Waals surface area contributed by atoms with Crippen LogP contribution in [0.5, 0.6) is 0 Å². The number of thiazole rings is 1. The number of ether oxygens (including phenoxy) is 1. The molecule has 3 aromatic rings. The first-order valence-electron chi connectivity index (χ1n) is 5.80. The lowest BCUT2D eigenvalue weighted by Gasteiger charge is -1.94. The summed E-state index contributed by atoms with van der Waals surface area (Å²) >= 11 is 2.90. The molecule has 3 rings (SSSR count). The second kappa shape index (κ2) is 5.63. The first-order chi connectivity index (χ1) is 9.76. The molecule has 0 saturated carbocycles. The molecule has 9 heteroatoms. The van der Waals surface area contributed by atoms with Gasteiger partial charge in [-0.15, -0.1) is 16.4 Å². The Morgan fingerprint density at radius 3 is 3.25 bits per heavy atom. The summed E-state index contributed by atoms with van der Waals surface area (Å²) in [6, 6.07) is 0. The van der Waals surface area contributed by atoms with Crippen LogP contribution in [0, 0.1) is 0 Å². The first kappa shape index (κ1) is 13.1. The topological polar surface area (TPSA) is 82.5 Å². The van der Waals surface area contributed by atoms with Crippen LogP contribution in [0.25, 0.3) is 4.96 Å². The van der Waals surface area contributed by atoms with Crippen molar-refractivity contribution in [1.82, 2.24) is 19.6 Å². The predicted molar refractivity (Wildman–Crippen MR) is 72.9 cm³/mol. The molecule has 0 amide bonds. The van der Waals surface area contributed by atoms with Crippen molar-refractivity contribution in [2.24, 2.45) is 0 Å². The molecule has 7 nitrogen and oxygen atoms in total. The van der Waals surface area contributed by atoms with Crippen LogP contribution in [0.15, 0.2) is 27.4 Å². The van der Waals surface area contributed by atoms with Gasteiger partial charge < -0.3 is 9.15 Å². The highest BCUT2D eigenvalue weighted by molar-refractivity contribution is 7.98. The van der Waals surface area contributed by atoms with Crippen LogP contribution < -0.4 is 0 Å². The minimum absolute atomic E-state index is 0.125. The van der Waals surface area contributed by atoms with Crippen molar-refractivity contribution in [1.29, 1.82) is 0 Å². The Morgan fingerprint density at radius 2 is 2.45 bits per heavy atom. The maximum atomic E-state index is 11.4. The standard InChI is InChI=1S/C11H10N4O3S2/c1-2-17-9(16)8-13-14-11(18-8)20-6-7-5-15-3-4-19-10(15)12-7/h3-5H,2,6H2,1H3. The summed E-state index contributed by atoms with van der Waals surface area (Å²) in [5.74, 6) is -0.131. The van der Waals surface area contributed by atoms with Crippen LogP contribution in [0.1, 0.15) is 23.3 Å². The van der Waals surface area contributed by atoms with Gasteiger partial charge in [0.25, 0.3) is 5.22 Å². The number of rotatable bonds is 5. The van der Waals surface area contributed by atoms with E-state index < -0.39 is 5.97 Å². The Kier molecular flexibility index (Phi) is 3.70. The van der Waals surface area contributed by atoms with Gasteiger partial charge in [-0.3, -0.25) is 4.40 Å². The Morgan fingerprint density at radius 1 is 1.55 bits per heavy atom. The Bertz CT molecular complexity index is 704. The summed E-state index contributed by atoms with van der Waals surface area (Å²) in [5.41, 5.74) is 0.915. The van der Waals surface area contributed by atoms with Gasteiger partial charge >= 0.3 is 11.9 Å². The van der Waals surface area contributed by atoms with Gasteiger partial charge in [-0.2, -0.15) is 0 Å². The van der Waals surface area contributed by atoms with Crippen molar-refractivity contribution in [2.75, 3.05) is 6.61 Å². The van der Waals surface area contributed by atoms with Crippen LogP contribution in [-0.2, 0) is 10.5 Å². The maximum Gasteiger partial charge on any atom is 0.396 e. The van der Waals surface area contributed by atoms with Gasteiger partial charge in [-0.25, -0.2) is 9.78 Å². The molecule has 0 aliphatic heterocycles. The molecule has 0 atom stereocenters. The molecule has 0 fully saturated rings. The van der Waals surface area contributed by atoms with Crippen LogP contribution in [0.3, 0.4) is 0 Å². The van der Waals surface area contributed by atoms with E-state index in [1.807, 2.05) is 22.2 Å². The van der Waals surface area contributed by atoms with Gasteiger partial charge in [0.2, 0.25) is 0 Å². The van der Waals surface area contributed by atoms with E-state index >= 15 is 0 Å². The molecule has 3 aromatic heterocycles. The summed E-state index contributed by atoms with van der Waals surface area (Å²) in [7, 11) is 0. The molecule has 3 heterocycles. The molecule has 0 unspecified atom stereocenters. The fraction of sp³-hybridized carbons (Fsp3) is 0.273. The largest absolute Gasteiger partial charge is 0.459 e. The molecule has 0 bridgehead atoms. The van der Waals surface area contributed by atoms with Crippen LogP contribution in [-0.4, -0.2) is 32.2 Å². The van der Waals surface area contributed by atoms with E-state index in [0.29, 0.717) is 11.0 Å². The zero-order valence-corrected chi connectivity index (χ0v) is 12.1. The van der Waals surface area contributed by atoms with Crippen LogP contribution in [0.2, 0.25) is 0 Å². The molecule has 20 heavy (non-hydrogen) atoms. The van der Waals surface area contributed by atoms with Crippen LogP contribution in [0.4, 0.5) is 0 Å². The number of carbonyl (C=O) groups is 1. The number of esters is 1. The number of fused-ring (bicyclic) bond motifs is 1. The SMILES string of the molecule is CCOC(=O)c1nnc(SCc2cn3ccsc3n2)o1. The van der Waals surface area contributed by atoms with E-state index in [9.17, 15) is 4.79 Å². The minimum Gasteiger partial charge on any atom is -0.459 e. The third-order valence-corrected chi connectivity index (χ3v) is 3.97. The van der Waals surface area contributed by atoms with E-state index in [2.05, 4.69) is 15.2 Å². The summed E-state index contributed by atoms with van der Waals surface area (Å²) in [5, 5.41) is 9.73. The van der Waals surface area contributed by atoms with Crippen molar-refractivity contribution >= 4 is 34.0 Å². The second-order valence-corrected chi connectivity index (χ2v) is 5.51. The highest BCUT2D eigenvalue weighted by atomic mass is 32.2. The van der Waals surface area contributed by atoms with E-state index in [4.69, 9.17) is 9.15 Å². The molecule has 0 spiro atoms. The summed E-state index contributed by atoms with van der Waals surface area (Å²) in [6.07, 6.45) is 3.90. The Hall–Kier alpha value is -1.87. The Balaban J connectivity index is 1.63. The average Bonchev–Trinajstić information content (AvgIpc) is 3.12. The predicted octanol–water partition coefficient (Wildman–Crippen LogP) is 2.25. The first-order valence-corrected chi connectivity index (χ1v) is 7.67. The van der Waals surface area contributed by atoms with E-state index in [1.54, 1.807) is 18.3 Å². The zero-order valence-electron chi connectivity index (χ0n) is 10.5. The van der Waals surface area contributed by atoms with Gasteiger partial charge in [0, 0.05) is 23.5 Å². The molecule has 0 radical (unpaired) electrons. The number of aromatic nitrogens is 4. The zero-order chi connectivity index (χ0) is 13.9. The number of thioether (sulfide) groups is 1. The number of imidazole rings is 1. The number of hydrogen-bond acceptors (Lipinski definition) is 8. The summed E-state index contributed by atoms with van der Waals surface area (Å²) < 4.78 is 11.9. The third kappa shape index (κ3) is 2.68. The molecule has 0 aliphatic carbocycles. The summed E-state index contributed by atoms with van der Waals surface area (Å²) in [4.78, 5) is 16.8. The van der Waals surface area contributed by atoms with Gasteiger partial charge in [0.1, 0.15) is 0 Å². The smallest absolute Gasteiger partial charge is 0.396 e. The van der Waals surface area contributed by atoms with Crippen molar-refractivity contribution in [3.05, 3.63) is 29.4 Å². The van der Waals surface area contributed by atoms with E-state index in [-0.39, 0.29) is 12.5 Å². The molecule has 104 valence electrons. The third-order valence-electron chi connectivity index (χ3n) is 2.34. The fourth-order valence-corrected chi connectivity index (χ4v) is 2.89. The average molecular weight is 310 g/mol. The quantitative estimate of drug-likeness (QED) is 0.528.